The van der Waals surface area contributed by atoms with Crippen LogP contribution in [0.2, 0.25) is 0 Å². The van der Waals surface area contributed by atoms with E-state index >= 15 is 0 Å². The lowest BCUT2D eigenvalue weighted by molar-refractivity contribution is -0.147. The van der Waals surface area contributed by atoms with Gasteiger partial charge in [-0.05, 0) is 24.8 Å². The normalized spacial score (nSPS) is 28.3. The Bertz CT molecular complexity index is 1130. The highest BCUT2D eigenvalue weighted by Gasteiger charge is 2.60. The van der Waals surface area contributed by atoms with Gasteiger partial charge in [0.25, 0.3) is 5.91 Å². The van der Waals surface area contributed by atoms with Crippen LogP contribution in [0.15, 0.2) is 29.0 Å². The number of aromatic hydroxyl groups is 1. The topological polar surface area (TPSA) is 158 Å². The molecule has 0 saturated heterocycles. The van der Waals surface area contributed by atoms with Gasteiger partial charge in [0.1, 0.15) is 28.5 Å². The highest BCUT2D eigenvalue weighted by atomic mass is 16.3. The zero-order valence-electron chi connectivity index (χ0n) is 17.5. The van der Waals surface area contributed by atoms with Gasteiger partial charge in [0.2, 0.25) is 5.78 Å². The molecule has 0 bridgehead atoms. The van der Waals surface area contributed by atoms with Crippen LogP contribution in [0.3, 0.4) is 0 Å². The Hall–Kier alpha value is -3.17. The van der Waals surface area contributed by atoms with Gasteiger partial charge in [-0.25, -0.2) is 0 Å². The number of phenols is 1. The lowest BCUT2D eigenvalue weighted by Crippen LogP contribution is -2.58. The molecule has 1 aromatic rings. The van der Waals surface area contributed by atoms with E-state index in [4.69, 9.17) is 5.73 Å². The number of amides is 1. The summed E-state index contributed by atoms with van der Waals surface area (Å²) < 4.78 is 0.406. The summed E-state index contributed by atoms with van der Waals surface area (Å²) in [6.45, 7) is 0. The molecule has 1 fully saturated rings. The van der Waals surface area contributed by atoms with Crippen molar-refractivity contribution in [3.63, 3.8) is 0 Å². The SMILES string of the molecule is C[N+](C)(C)c1ccc(O)c2c1C[C@H]1C[C@H]3CC(=O)C(C(N)=O)=C(O)[C@@]3(O)C(=O)C1=C2O. The molecular weight excluding hydrogens is 404 g/mol. The summed E-state index contributed by atoms with van der Waals surface area (Å²) in [5.41, 5.74) is 3.33. The van der Waals surface area contributed by atoms with E-state index < -0.39 is 52.0 Å². The number of quaternary nitrogens is 1. The fraction of sp³-hybridized carbons (Fsp3) is 0.409. The highest BCUT2D eigenvalue weighted by Crippen LogP contribution is 2.53. The minimum Gasteiger partial charge on any atom is -0.508 e. The number of carbonyl (C=O) groups is 3. The number of phenolic OH excluding ortho intramolecular Hbond substituents is 1. The van der Waals surface area contributed by atoms with Gasteiger partial charge in [-0.15, -0.1) is 0 Å². The fourth-order valence-electron chi connectivity index (χ4n) is 5.23. The summed E-state index contributed by atoms with van der Waals surface area (Å²) in [5.74, 6) is -6.21. The Morgan fingerprint density at radius 2 is 1.77 bits per heavy atom. The number of carbonyl (C=O) groups excluding carboxylic acids is 3. The van der Waals surface area contributed by atoms with Crippen molar-refractivity contribution in [3.05, 3.63) is 40.2 Å². The van der Waals surface area contributed by atoms with Gasteiger partial charge in [-0.2, -0.15) is 0 Å². The molecule has 0 heterocycles. The van der Waals surface area contributed by atoms with Crippen LogP contribution < -0.4 is 10.2 Å². The second-order valence-corrected chi connectivity index (χ2v) is 9.38. The van der Waals surface area contributed by atoms with Crippen LogP contribution in [-0.4, -0.2) is 64.6 Å². The van der Waals surface area contributed by atoms with E-state index in [0.29, 0.717) is 16.5 Å². The lowest BCUT2D eigenvalue weighted by Gasteiger charge is -2.46. The molecule has 164 valence electrons. The molecule has 3 atom stereocenters. The first-order valence-corrected chi connectivity index (χ1v) is 9.94. The standard InChI is InChI=1S/C22H24N2O7/c1-24(2,3)12-4-5-13(25)16-11(12)7-9-6-10-8-14(26)17(21(23)30)20(29)22(10,31)19(28)15(9)18(16)27/h4-5,9-10,31H,6-8H2,1-3H3,(H4-,23,25,26,27,28,29,30)/p+1/t9-,10+,22+/m1/s1. The summed E-state index contributed by atoms with van der Waals surface area (Å²) in [5, 5.41) is 43.2. The van der Waals surface area contributed by atoms with Crippen molar-refractivity contribution in [3.8, 4) is 5.75 Å². The third kappa shape index (κ3) is 2.73. The van der Waals surface area contributed by atoms with Crippen LogP contribution in [0, 0.1) is 11.8 Å². The number of nitrogens with zero attached hydrogens (tertiary/aromatic N) is 1. The summed E-state index contributed by atoms with van der Waals surface area (Å²) >= 11 is 0. The van der Waals surface area contributed by atoms with Gasteiger partial charge in [0.15, 0.2) is 11.4 Å². The van der Waals surface area contributed by atoms with Crippen LogP contribution in [0.5, 0.6) is 5.75 Å². The smallest absolute Gasteiger partial charge is 0.255 e. The zero-order chi connectivity index (χ0) is 23.0. The van der Waals surface area contributed by atoms with E-state index in [0.717, 1.165) is 5.69 Å². The first-order chi connectivity index (χ1) is 14.3. The monoisotopic (exact) mass is 429 g/mol. The summed E-state index contributed by atoms with van der Waals surface area (Å²) in [7, 11) is 5.80. The molecule has 9 heteroatoms. The first kappa shape index (κ1) is 21.1. The molecule has 3 aliphatic carbocycles. The first-order valence-electron chi connectivity index (χ1n) is 9.94. The molecule has 0 aromatic heterocycles. The molecule has 0 radical (unpaired) electrons. The lowest BCUT2D eigenvalue weighted by atomic mass is 9.59. The number of hydrogen-bond donors (Lipinski definition) is 5. The van der Waals surface area contributed by atoms with Crippen molar-refractivity contribution in [1.29, 1.82) is 0 Å². The maximum absolute atomic E-state index is 13.4. The van der Waals surface area contributed by atoms with Crippen LogP contribution >= 0.6 is 0 Å². The quantitative estimate of drug-likeness (QED) is 0.340. The number of rotatable bonds is 2. The van der Waals surface area contributed by atoms with Gasteiger partial charge in [-0.3, -0.25) is 18.9 Å². The molecule has 6 N–H and O–H groups in total. The predicted octanol–water partition coefficient (Wildman–Crippen LogP) is 0.621. The maximum Gasteiger partial charge on any atom is 0.255 e. The predicted molar refractivity (Wildman–Crippen MR) is 111 cm³/mol. The number of benzene rings is 1. The maximum atomic E-state index is 13.4. The molecular formula is C22H25N2O7+. The van der Waals surface area contributed by atoms with Crippen LogP contribution in [0.25, 0.3) is 5.76 Å². The molecule has 1 amide bonds. The Morgan fingerprint density at radius 3 is 2.35 bits per heavy atom. The molecule has 9 nitrogen and oxygen atoms in total. The number of aliphatic hydroxyl groups is 3. The summed E-state index contributed by atoms with van der Waals surface area (Å²) in [4.78, 5) is 37.4. The number of nitrogens with two attached hydrogens (primary N) is 1. The van der Waals surface area contributed by atoms with E-state index in [9.17, 15) is 34.8 Å². The molecule has 0 unspecified atom stereocenters. The highest BCUT2D eigenvalue weighted by molar-refractivity contribution is 6.22. The van der Waals surface area contributed by atoms with Crippen LogP contribution in [0.1, 0.15) is 24.0 Å². The van der Waals surface area contributed by atoms with Gasteiger partial charge in [-0.1, -0.05) is 0 Å². The average molecular weight is 429 g/mol. The van der Waals surface area contributed by atoms with E-state index in [2.05, 4.69) is 0 Å². The van der Waals surface area contributed by atoms with E-state index in [1.807, 2.05) is 21.1 Å². The van der Waals surface area contributed by atoms with Gasteiger partial charge < -0.3 is 26.2 Å². The third-order valence-corrected chi connectivity index (χ3v) is 6.65. The fourth-order valence-corrected chi connectivity index (χ4v) is 5.23. The number of ketones is 2. The third-order valence-electron chi connectivity index (χ3n) is 6.65. The van der Waals surface area contributed by atoms with Crippen molar-refractivity contribution in [1.82, 2.24) is 4.48 Å². The largest absolute Gasteiger partial charge is 0.508 e. The summed E-state index contributed by atoms with van der Waals surface area (Å²) in [6, 6.07) is 3.19. The van der Waals surface area contributed by atoms with Crippen molar-refractivity contribution in [2.75, 3.05) is 21.1 Å². The average Bonchev–Trinajstić information content (AvgIpc) is 2.63. The molecule has 4 rings (SSSR count). The molecule has 1 saturated carbocycles. The minimum atomic E-state index is -2.54. The van der Waals surface area contributed by atoms with Gasteiger partial charge in [0, 0.05) is 29.5 Å². The van der Waals surface area contributed by atoms with E-state index in [1.54, 1.807) is 6.07 Å². The number of hydrogen-bond acceptors (Lipinski definition) is 7. The van der Waals surface area contributed by atoms with E-state index in [-0.39, 0.29) is 29.7 Å². The van der Waals surface area contributed by atoms with Crippen LogP contribution in [-0.2, 0) is 20.8 Å². The molecule has 0 spiro atoms. The van der Waals surface area contributed by atoms with Crippen molar-refractivity contribution in [2.45, 2.75) is 24.9 Å². The Kier molecular flexibility index (Phi) is 4.36. The molecule has 31 heavy (non-hydrogen) atoms. The Morgan fingerprint density at radius 1 is 1.13 bits per heavy atom. The zero-order valence-corrected chi connectivity index (χ0v) is 17.5. The van der Waals surface area contributed by atoms with E-state index in [1.165, 1.54) is 6.07 Å². The summed E-state index contributed by atoms with van der Waals surface area (Å²) in [6.07, 6.45) is 0.0903. The van der Waals surface area contributed by atoms with Gasteiger partial charge in [0.05, 0.1) is 26.7 Å². The van der Waals surface area contributed by atoms with Crippen molar-refractivity contribution in [2.24, 2.45) is 17.6 Å². The molecule has 3 aliphatic rings. The number of fused-ring (bicyclic) bond motifs is 3. The van der Waals surface area contributed by atoms with Gasteiger partial charge >= 0.3 is 0 Å². The van der Waals surface area contributed by atoms with Crippen molar-refractivity contribution < 1.29 is 34.8 Å². The second-order valence-electron chi connectivity index (χ2n) is 9.38. The molecule has 0 aliphatic heterocycles. The Labute approximate surface area is 178 Å². The number of Topliss-reactive ketones (excluding diaryl/α,β-unsaturated/α-hetero) is 2. The van der Waals surface area contributed by atoms with Crippen LogP contribution in [0.4, 0.5) is 5.69 Å². The number of aliphatic hydroxyl groups excluding tert-OH is 2. The van der Waals surface area contributed by atoms with Crippen molar-refractivity contribution >= 4 is 28.9 Å². The second kappa shape index (κ2) is 6.41. The Balaban J connectivity index is 1.96. The minimum absolute atomic E-state index is 0.109. The number of primary amides is 1. The molecule has 1 aromatic carbocycles.